The van der Waals surface area contributed by atoms with Gasteiger partial charge in [0.25, 0.3) is 0 Å². The van der Waals surface area contributed by atoms with Crippen LogP contribution in [0.25, 0.3) is 0 Å². The fourth-order valence-corrected chi connectivity index (χ4v) is 3.84. The molecule has 0 atom stereocenters. The number of halogens is 1. The fourth-order valence-electron chi connectivity index (χ4n) is 1.73. The van der Waals surface area contributed by atoms with E-state index in [9.17, 15) is 12.8 Å². The maximum absolute atomic E-state index is 13.4. The van der Waals surface area contributed by atoms with E-state index in [0.29, 0.717) is 6.54 Å². The summed E-state index contributed by atoms with van der Waals surface area (Å²) in [6, 6.07) is 5.19. The maximum Gasteiger partial charge on any atom is 0.242 e. The molecule has 19 heavy (non-hydrogen) atoms. The summed E-state index contributed by atoms with van der Waals surface area (Å²) in [4.78, 5) is -0.299. The number of thioether (sulfide) groups is 1. The highest BCUT2D eigenvalue weighted by atomic mass is 32.2. The minimum absolute atomic E-state index is 0.0345. The molecule has 4 nitrogen and oxygen atoms in total. The molecule has 102 valence electrons. The second-order valence-electron chi connectivity index (χ2n) is 4.44. The highest BCUT2D eigenvalue weighted by Gasteiger charge is 2.42. The van der Waals surface area contributed by atoms with Crippen molar-refractivity contribution in [1.82, 2.24) is 4.72 Å². The van der Waals surface area contributed by atoms with Crippen LogP contribution in [0.3, 0.4) is 0 Å². The highest BCUT2D eigenvalue weighted by Crippen LogP contribution is 2.46. The molecule has 0 heterocycles. The summed E-state index contributed by atoms with van der Waals surface area (Å²) in [5, 5.41) is 8.86. The predicted octanol–water partition coefficient (Wildman–Crippen LogP) is 1.87. The third kappa shape index (κ3) is 2.91. The maximum atomic E-state index is 13.4. The first-order chi connectivity index (χ1) is 8.94. The van der Waals surface area contributed by atoms with Crippen molar-refractivity contribution in [1.29, 1.82) is 5.26 Å². The van der Waals surface area contributed by atoms with Gasteiger partial charge in [0.1, 0.15) is 22.3 Å². The van der Waals surface area contributed by atoms with Gasteiger partial charge in [-0.1, -0.05) is 6.07 Å². The number of nitrogens with one attached hydrogen (secondary N) is 1. The van der Waals surface area contributed by atoms with Crippen LogP contribution in [0.4, 0.5) is 4.39 Å². The Morgan fingerprint density at radius 2 is 2.21 bits per heavy atom. The van der Waals surface area contributed by atoms with Crippen LogP contribution in [0, 0.1) is 17.1 Å². The molecular weight excluding hydrogens is 287 g/mol. The van der Waals surface area contributed by atoms with Crippen molar-refractivity contribution in [3.8, 4) is 6.07 Å². The van der Waals surface area contributed by atoms with Crippen LogP contribution in [0.2, 0.25) is 0 Å². The SMILES string of the molecule is CSC1(CNS(=O)(=O)c2cccc(F)c2C#N)CC1. The van der Waals surface area contributed by atoms with Crippen LogP contribution >= 0.6 is 11.8 Å². The smallest absolute Gasteiger partial charge is 0.210 e. The Labute approximate surface area is 116 Å². The summed E-state index contributed by atoms with van der Waals surface area (Å²) in [5.41, 5.74) is -0.441. The third-order valence-electron chi connectivity index (χ3n) is 3.20. The van der Waals surface area contributed by atoms with E-state index in [1.165, 1.54) is 12.1 Å². The number of nitriles is 1. The van der Waals surface area contributed by atoms with Crippen LogP contribution < -0.4 is 4.72 Å². The van der Waals surface area contributed by atoms with Gasteiger partial charge >= 0.3 is 0 Å². The normalized spacial score (nSPS) is 16.9. The molecule has 0 spiro atoms. The Morgan fingerprint density at radius 3 is 2.74 bits per heavy atom. The molecule has 2 rings (SSSR count). The van der Waals surface area contributed by atoms with Crippen molar-refractivity contribution < 1.29 is 12.8 Å². The molecular formula is C12H13FN2O2S2. The van der Waals surface area contributed by atoms with Gasteiger partial charge in [-0.05, 0) is 31.2 Å². The van der Waals surface area contributed by atoms with Crippen molar-refractivity contribution in [2.45, 2.75) is 22.5 Å². The lowest BCUT2D eigenvalue weighted by Gasteiger charge is -2.14. The van der Waals surface area contributed by atoms with E-state index in [1.54, 1.807) is 17.8 Å². The fraction of sp³-hybridized carbons (Fsp3) is 0.417. The van der Waals surface area contributed by atoms with Gasteiger partial charge in [0.15, 0.2) is 0 Å². The quantitative estimate of drug-likeness (QED) is 0.901. The van der Waals surface area contributed by atoms with Gasteiger partial charge in [-0.15, -0.1) is 0 Å². The molecule has 1 saturated carbocycles. The Morgan fingerprint density at radius 1 is 1.53 bits per heavy atom. The first-order valence-corrected chi connectivity index (χ1v) is 8.38. The lowest BCUT2D eigenvalue weighted by Crippen LogP contribution is -2.32. The molecule has 0 unspecified atom stereocenters. The van der Waals surface area contributed by atoms with Crippen molar-refractivity contribution in [3.63, 3.8) is 0 Å². The molecule has 1 aliphatic rings. The number of hydrogen-bond acceptors (Lipinski definition) is 4. The highest BCUT2D eigenvalue weighted by molar-refractivity contribution is 8.00. The second kappa shape index (κ2) is 5.12. The van der Waals surface area contributed by atoms with E-state index < -0.39 is 21.4 Å². The molecule has 1 aliphatic carbocycles. The first-order valence-electron chi connectivity index (χ1n) is 5.67. The Balaban J connectivity index is 2.25. The third-order valence-corrected chi connectivity index (χ3v) is 6.06. The largest absolute Gasteiger partial charge is 0.242 e. The molecule has 0 bridgehead atoms. The minimum atomic E-state index is -3.85. The van der Waals surface area contributed by atoms with Gasteiger partial charge in [-0.3, -0.25) is 0 Å². The molecule has 1 fully saturated rings. The van der Waals surface area contributed by atoms with Crippen molar-refractivity contribution in [3.05, 3.63) is 29.6 Å². The van der Waals surface area contributed by atoms with E-state index >= 15 is 0 Å². The standard InChI is InChI=1S/C12H13FN2O2S2/c1-18-12(5-6-12)8-15-19(16,17)11-4-2-3-10(13)9(11)7-14/h2-4,15H,5-6,8H2,1H3. The van der Waals surface area contributed by atoms with Crippen LogP contribution in [0.1, 0.15) is 18.4 Å². The zero-order valence-electron chi connectivity index (χ0n) is 10.3. The molecule has 1 aromatic carbocycles. The van der Waals surface area contributed by atoms with Crippen molar-refractivity contribution in [2.75, 3.05) is 12.8 Å². The minimum Gasteiger partial charge on any atom is -0.210 e. The summed E-state index contributed by atoms with van der Waals surface area (Å²) < 4.78 is 40.1. The number of hydrogen-bond donors (Lipinski definition) is 1. The molecule has 0 amide bonds. The van der Waals surface area contributed by atoms with Gasteiger partial charge in [-0.25, -0.2) is 17.5 Å². The average molecular weight is 300 g/mol. The van der Waals surface area contributed by atoms with Gasteiger partial charge in [-0.2, -0.15) is 17.0 Å². The lowest BCUT2D eigenvalue weighted by atomic mass is 10.2. The van der Waals surface area contributed by atoms with Crippen molar-refractivity contribution in [2.24, 2.45) is 0 Å². The van der Waals surface area contributed by atoms with Crippen LogP contribution in [0.5, 0.6) is 0 Å². The summed E-state index contributed by atoms with van der Waals surface area (Å²) in [7, 11) is -3.85. The number of benzene rings is 1. The molecule has 0 aromatic heterocycles. The molecule has 7 heteroatoms. The van der Waals surface area contributed by atoms with Gasteiger partial charge in [0.05, 0.1) is 0 Å². The zero-order valence-corrected chi connectivity index (χ0v) is 11.9. The van der Waals surface area contributed by atoms with Crippen LogP contribution in [0.15, 0.2) is 23.1 Å². The van der Waals surface area contributed by atoms with E-state index in [1.807, 2.05) is 6.26 Å². The summed E-state index contributed by atoms with van der Waals surface area (Å²) in [6.07, 6.45) is 3.86. The molecule has 1 aromatic rings. The molecule has 0 radical (unpaired) electrons. The topological polar surface area (TPSA) is 70.0 Å². The van der Waals surface area contributed by atoms with Crippen LogP contribution in [-0.2, 0) is 10.0 Å². The van der Waals surface area contributed by atoms with Crippen molar-refractivity contribution >= 4 is 21.8 Å². The summed E-state index contributed by atoms with van der Waals surface area (Å²) in [6.45, 7) is 0.303. The number of rotatable bonds is 5. The Kier molecular flexibility index (Phi) is 3.85. The second-order valence-corrected chi connectivity index (χ2v) is 7.45. The number of nitrogens with zero attached hydrogens (tertiary/aromatic N) is 1. The predicted molar refractivity (Wildman–Crippen MR) is 71.8 cm³/mol. The van der Waals surface area contributed by atoms with Gasteiger partial charge in [0.2, 0.25) is 10.0 Å². The summed E-state index contributed by atoms with van der Waals surface area (Å²) >= 11 is 1.62. The Bertz CT molecular complexity index is 634. The lowest BCUT2D eigenvalue weighted by molar-refractivity contribution is 0.575. The number of sulfonamides is 1. The van der Waals surface area contributed by atoms with E-state index in [-0.39, 0.29) is 9.64 Å². The first kappa shape index (κ1) is 14.3. The molecule has 0 saturated heterocycles. The monoisotopic (exact) mass is 300 g/mol. The Hall–Kier alpha value is -1.10. The van der Waals surface area contributed by atoms with Gasteiger partial charge < -0.3 is 0 Å². The van der Waals surface area contributed by atoms with E-state index in [4.69, 9.17) is 5.26 Å². The molecule has 0 aliphatic heterocycles. The summed E-state index contributed by atoms with van der Waals surface area (Å²) in [5.74, 6) is -0.823. The van der Waals surface area contributed by atoms with E-state index in [2.05, 4.69) is 4.72 Å². The van der Waals surface area contributed by atoms with E-state index in [0.717, 1.165) is 18.9 Å². The average Bonchev–Trinajstić information content (AvgIpc) is 3.17. The van der Waals surface area contributed by atoms with Crippen LogP contribution in [-0.4, -0.2) is 26.0 Å². The molecule has 1 N–H and O–H groups in total. The zero-order chi connectivity index (χ0) is 14.1. The van der Waals surface area contributed by atoms with Gasteiger partial charge in [0, 0.05) is 11.3 Å².